The van der Waals surface area contributed by atoms with E-state index in [9.17, 15) is 0 Å². The standard InChI is InChI=1S/C15H25ClN2/c1-14(13-5-6-13)11-17-15(7-2-3-8-15)12-18(14)10-4-9-16/h4,9,13,17H,2-3,5-8,10-12H2,1H3/b9-4+. The van der Waals surface area contributed by atoms with Crippen LogP contribution in [0.15, 0.2) is 11.6 Å². The molecule has 1 aliphatic heterocycles. The van der Waals surface area contributed by atoms with E-state index in [0.29, 0.717) is 11.1 Å². The van der Waals surface area contributed by atoms with Crippen molar-refractivity contribution >= 4 is 11.6 Å². The van der Waals surface area contributed by atoms with Crippen LogP contribution in [0.25, 0.3) is 0 Å². The van der Waals surface area contributed by atoms with Gasteiger partial charge in [-0.2, -0.15) is 0 Å². The second-order valence-electron chi connectivity index (χ2n) is 6.71. The number of hydrogen-bond donors (Lipinski definition) is 1. The first-order chi connectivity index (χ1) is 8.69. The molecule has 18 heavy (non-hydrogen) atoms. The predicted molar refractivity (Wildman–Crippen MR) is 76.9 cm³/mol. The number of piperazine rings is 1. The molecule has 3 aliphatic rings. The highest BCUT2D eigenvalue weighted by molar-refractivity contribution is 6.25. The van der Waals surface area contributed by atoms with Crippen molar-refractivity contribution in [1.82, 2.24) is 10.2 Å². The summed E-state index contributed by atoms with van der Waals surface area (Å²) in [5.74, 6) is 0.896. The van der Waals surface area contributed by atoms with Crippen LogP contribution in [-0.2, 0) is 0 Å². The van der Waals surface area contributed by atoms with Crippen LogP contribution in [0.2, 0.25) is 0 Å². The van der Waals surface area contributed by atoms with Gasteiger partial charge >= 0.3 is 0 Å². The van der Waals surface area contributed by atoms with Gasteiger partial charge in [-0.05, 0) is 38.5 Å². The fourth-order valence-corrected chi connectivity index (χ4v) is 4.09. The van der Waals surface area contributed by atoms with Gasteiger partial charge in [0.25, 0.3) is 0 Å². The maximum Gasteiger partial charge on any atom is 0.0338 e. The molecule has 0 bridgehead atoms. The third-order valence-corrected chi connectivity index (χ3v) is 5.65. The zero-order valence-corrected chi connectivity index (χ0v) is 12.2. The number of nitrogens with zero attached hydrogens (tertiary/aromatic N) is 1. The third-order valence-electron chi connectivity index (χ3n) is 5.47. The molecular formula is C15H25ClN2. The van der Waals surface area contributed by atoms with Gasteiger partial charge in [0.2, 0.25) is 0 Å². The average molecular weight is 269 g/mol. The van der Waals surface area contributed by atoms with E-state index in [4.69, 9.17) is 11.6 Å². The molecule has 0 aromatic rings. The summed E-state index contributed by atoms with van der Waals surface area (Å²) < 4.78 is 0. The molecule has 3 fully saturated rings. The first kappa shape index (κ1) is 13.0. The number of halogens is 1. The SMILES string of the molecule is CC1(C2CC2)CNC2(CCCC2)CN1C/C=C/Cl. The van der Waals surface area contributed by atoms with Crippen LogP contribution < -0.4 is 5.32 Å². The molecule has 0 radical (unpaired) electrons. The van der Waals surface area contributed by atoms with Gasteiger partial charge in [0.15, 0.2) is 0 Å². The molecule has 102 valence electrons. The lowest BCUT2D eigenvalue weighted by Gasteiger charge is -2.52. The Kier molecular flexibility index (Phi) is 3.46. The normalized spacial score (nSPS) is 36.8. The summed E-state index contributed by atoms with van der Waals surface area (Å²) >= 11 is 5.74. The zero-order valence-electron chi connectivity index (χ0n) is 11.4. The number of nitrogens with one attached hydrogen (secondary N) is 1. The van der Waals surface area contributed by atoms with Crippen molar-refractivity contribution < 1.29 is 0 Å². The van der Waals surface area contributed by atoms with E-state index in [-0.39, 0.29) is 0 Å². The third kappa shape index (κ3) is 2.23. The van der Waals surface area contributed by atoms with Gasteiger partial charge in [-0.1, -0.05) is 30.5 Å². The number of hydrogen-bond acceptors (Lipinski definition) is 2. The number of rotatable bonds is 3. The van der Waals surface area contributed by atoms with Crippen LogP contribution in [0.4, 0.5) is 0 Å². The average Bonchev–Trinajstić information content (AvgIpc) is 3.14. The summed E-state index contributed by atoms with van der Waals surface area (Å²) in [5.41, 5.74) is 2.44. The molecule has 1 heterocycles. The molecule has 3 heteroatoms. The van der Waals surface area contributed by atoms with E-state index in [1.807, 2.05) is 0 Å². The first-order valence-electron chi connectivity index (χ1n) is 7.44. The Balaban J connectivity index is 1.76. The maximum absolute atomic E-state index is 5.74. The lowest BCUT2D eigenvalue weighted by Crippen LogP contribution is -2.69. The van der Waals surface area contributed by atoms with Crippen molar-refractivity contribution in [3.63, 3.8) is 0 Å². The minimum atomic E-state index is 0.351. The van der Waals surface area contributed by atoms with E-state index in [0.717, 1.165) is 19.0 Å². The van der Waals surface area contributed by atoms with Crippen molar-refractivity contribution in [2.24, 2.45) is 5.92 Å². The smallest absolute Gasteiger partial charge is 0.0338 e. The fraction of sp³-hybridized carbons (Fsp3) is 0.867. The van der Waals surface area contributed by atoms with Gasteiger partial charge in [0, 0.05) is 36.2 Å². The molecule has 2 aliphatic carbocycles. The summed E-state index contributed by atoms with van der Waals surface area (Å²) in [6, 6.07) is 0. The molecule has 1 unspecified atom stereocenters. The van der Waals surface area contributed by atoms with Gasteiger partial charge in [-0.15, -0.1) is 0 Å². The van der Waals surface area contributed by atoms with Crippen LogP contribution in [0.3, 0.4) is 0 Å². The highest BCUT2D eigenvalue weighted by atomic mass is 35.5. The lowest BCUT2D eigenvalue weighted by molar-refractivity contribution is 0.0119. The second-order valence-corrected chi connectivity index (χ2v) is 6.97. The largest absolute Gasteiger partial charge is 0.308 e. The van der Waals surface area contributed by atoms with Crippen molar-refractivity contribution in [1.29, 1.82) is 0 Å². The summed E-state index contributed by atoms with van der Waals surface area (Å²) in [6.45, 7) is 5.83. The molecular weight excluding hydrogens is 244 g/mol. The van der Waals surface area contributed by atoms with Crippen molar-refractivity contribution in [3.8, 4) is 0 Å². The van der Waals surface area contributed by atoms with Crippen LogP contribution in [0.1, 0.15) is 45.4 Å². The van der Waals surface area contributed by atoms with E-state index in [1.165, 1.54) is 45.1 Å². The summed E-state index contributed by atoms with van der Waals surface area (Å²) in [4.78, 5) is 2.70. The Hall–Kier alpha value is -0.0500. The van der Waals surface area contributed by atoms with Gasteiger partial charge in [0.1, 0.15) is 0 Å². The van der Waals surface area contributed by atoms with Crippen molar-refractivity contribution in [2.45, 2.75) is 56.5 Å². The molecule has 1 saturated heterocycles. The van der Waals surface area contributed by atoms with Gasteiger partial charge in [-0.25, -0.2) is 0 Å². The van der Waals surface area contributed by atoms with Gasteiger partial charge in [0.05, 0.1) is 0 Å². The monoisotopic (exact) mass is 268 g/mol. The van der Waals surface area contributed by atoms with Crippen molar-refractivity contribution in [3.05, 3.63) is 11.6 Å². The minimum absolute atomic E-state index is 0.351. The van der Waals surface area contributed by atoms with Crippen LogP contribution in [0, 0.1) is 5.92 Å². The van der Waals surface area contributed by atoms with Gasteiger partial charge in [-0.3, -0.25) is 4.90 Å². The minimum Gasteiger partial charge on any atom is -0.308 e. The predicted octanol–water partition coefficient (Wildman–Crippen LogP) is 3.13. The summed E-state index contributed by atoms with van der Waals surface area (Å²) in [7, 11) is 0. The molecule has 2 saturated carbocycles. The molecule has 0 amide bonds. The van der Waals surface area contributed by atoms with Crippen LogP contribution in [-0.4, -0.2) is 35.6 Å². The first-order valence-corrected chi connectivity index (χ1v) is 7.88. The summed E-state index contributed by atoms with van der Waals surface area (Å²) in [6.07, 6.45) is 10.4. The Morgan fingerprint density at radius 1 is 1.33 bits per heavy atom. The fourth-order valence-electron chi connectivity index (χ4n) is 4.01. The Bertz CT molecular complexity index is 331. The van der Waals surface area contributed by atoms with E-state index in [2.05, 4.69) is 23.2 Å². The Morgan fingerprint density at radius 2 is 2.06 bits per heavy atom. The highest BCUT2D eigenvalue weighted by Gasteiger charge is 2.51. The molecule has 0 aromatic carbocycles. The van der Waals surface area contributed by atoms with Crippen LogP contribution >= 0.6 is 11.6 Å². The highest BCUT2D eigenvalue weighted by Crippen LogP contribution is 2.46. The van der Waals surface area contributed by atoms with Gasteiger partial charge < -0.3 is 5.32 Å². The molecule has 2 nitrogen and oxygen atoms in total. The molecule has 1 atom stereocenters. The Morgan fingerprint density at radius 3 is 2.67 bits per heavy atom. The van der Waals surface area contributed by atoms with Crippen molar-refractivity contribution in [2.75, 3.05) is 19.6 Å². The molecule has 0 aromatic heterocycles. The van der Waals surface area contributed by atoms with E-state index in [1.54, 1.807) is 5.54 Å². The zero-order chi connectivity index (χ0) is 12.6. The topological polar surface area (TPSA) is 15.3 Å². The quantitative estimate of drug-likeness (QED) is 0.846. The van der Waals surface area contributed by atoms with E-state index < -0.39 is 0 Å². The summed E-state index contributed by atoms with van der Waals surface area (Å²) in [5, 5.41) is 3.91. The Labute approximate surface area is 116 Å². The lowest BCUT2D eigenvalue weighted by atomic mass is 9.83. The maximum atomic E-state index is 5.74. The molecule has 1 N–H and O–H groups in total. The second kappa shape index (κ2) is 4.81. The molecule has 1 spiro atoms. The van der Waals surface area contributed by atoms with Crippen LogP contribution in [0.5, 0.6) is 0 Å². The molecule has 3 rings (SSSR count). The van der Waals surface area contributed by atoms with E-state index >= 15 is 0 Å².